The van der Waals surface area contributed by atoms with E-state index in [2.05, 4.69) is 20.1 Å². The fourth-order valence-corrected chi connectivity index (χ4v) is 3.32. The van der Waals surface area contributed by atoms with Gasteiger partial charge >= 0.3 is 0 Å². The van der Waals surface area contributed by atoms with Crippen LogP contribution in [0.2, 0.25) is 5.02 Å². The van der Waals surface area contributed by atoms with E-state index in [1.54, 1.807) is 17.1 Å². The number of aryl methyl sites for hydroxylation is 1. The molecule has 5 rings (SSSR count). The zero-order chi connectivity index (χ0) is 19.1. The Labute approximate surface area is 165 Å². The van der Waals surface area contributed by atoms with Crippen molar-refractivity contribution in [3.05, 3.63) is 77.8 Å². The first kappa shape index (κ1) is 16.6. The van der Waals surface area contributed by atoms with Crippen molar-refractivity contribution < 1.29 is 4.74 Å². The van der Waals surface area contributed by atoms with Crippen LogP contribution in [-0.4, -0.2) is 24.7 Å². The number of hydrogen-bond donors (Lipinski definition) is 0. The molecule has 0 saturated heterocycles. The Balaban J connectivity index is 1.64. The first-order valence-electron chi connectivity index (χ1n) is 8.67. The van der Waals surface area contributed by atoms with Gasteiger partial charge in [-0.25, -0.2) is 14.6 Å². The fourth-order valence-electron chi connectivity index (χ4n) is 3.15. The summed E-state index contributed by atoms with van der Waals surface area (Å²) in [5, 5.41) is 6.83. The largest absolute Gasteiger partial charge is 0.436 e. The van der Waals surface area contributed by atoms with E-state index in [0.717, 1.165) is 22.2 Å². The van der Waals surface area contributed by atoms with E-state index in [4.69, 9.17) is 16.3 Å². The average Bonchev–Trinajstić information content (AvgIpc) is 3.15. The van der Waals surface area contributed by atoms with Gasteiger partial charge in [-0.2, -0.15) is 5.10 Å². The molecule has 3 aromatic heterocycles. The molecule has 0 aliphatic heterocycles. The minimum absolute atomic E-state index is 0.425. The van der Waals surface area contributed by atoms with Crippen LogP contribution in [0.15, 0.2) is 67.3 Å². The number of halogens is 1. The van der Waals surface area contributed by atoms with Crippen LogP contribution < -0.4 is 4.74 Å². The SMILES string of the molecule is Cc1ccc(Cl)cc1-n1ncc2c(Oc3cccc4cccnc34)ncnc21. The number of fused-ring (bicyclic) bond motifs is 2. The van der Waals surface area contributed by atoms with Gasteiger partial charge in [-0.3, -0.25) is 4.98 Å². The number of rotatable bonds is 3. The molecule has 0 aliphatic carbocycles. The third-order valence-corrected chi connectivity index (χ3v) is 4.77. The second-order valence-corrected chi connectivity index (χ2v) is 6.77. The van der Waals surface area contributed by atoms with E-state index in [1.165, 1.54) is 6.33 Å². The van der Waals surface area contributed by atoms with Crippen LogP contribution >= 0.6 is 11.6 Å². The summed E-state index contributed by atoms with van der Waals surface area (Å²) in [6.45, 7) is 2.00. The zero-order valence-corrected chi connectivity index (χ0v) is 15.6. The van der Waals surface area contributed by atoms with Gasteiger partial charge in [0.25, 0.3) is 0 Å². The van der Waals surface area contributed by atoms with Crippen LogP contribution in [0.1, 0.15) is 5.56 Å². The van der Waals surface area contributed by atoms with E-state index in [9.17, 15) is 0 Å². The molecule has 0 bridgehead atoms. The highest BCUT2D eigenvalue weighted by Crippen LogP contribution is 2.32. The lowest BCUT2D eigenvalue weighted by atomic mass is 10.2. The average molecular weight is 388 g/mol. The minimum atomic E-state index is 0.425. The van der Waals surface area contributed by atoms with Crippen LogP contribution in [0.5, 0.6) is 11.6 Å². The Bertz CT molecular complexity index is 1330. The van der Waals surface area contributed by atoms with Crippen molar-refractivity contribution in [2.45, 2.75) is 6.92 Å². The van der Waals surface area contributed by atoms with Crippen LogP contribution in [0.4, 0.5) is 0 Å². The predicted molar refractivity (Wildman–Crippen MR) is 108 cm³/mol. The van der Waals surface area contributed by atoms with Crippen molar-refractivity contribution in [3.8, 4) is 17.3 Å². The molecular formula is C21H14ClN5O. The lowest BCUT2D eigenvalue weighted by Gasteiger charge is -2.09. The molecule has 7 heteroatoms. The molecule has 0 aliphatic rings. The van der Waals surface area contributed by atoms with E-state index in [-0.39, 0.29) is 0 Å². The Morgan fingerprint density at radius 3 is 2.82 bits per heavy atom. The summed E-state index contributed by atoms with van der Waals surface area (Å²) >= 11 is 6.17. The highest BCUT2D eigenvalue weighted by atomic mass is 35.5. The van der Waals surface area contributed by atoms with Gasteiger partial charge in [-0.05, 0) is 36.8 Å². The Hall–Kier alpha value is -3.51. The molecule has 0 amide bonds. The maximum absolute atomic E-state index is 6.17. The van der Waals surface area contributed by atoms with Crippen molar-refractivity contribution in [3.63, 3.8) is 0 Å². The molecule has 28 heavy (non-hydrogen) atoms. The lowest BCUT2D eigenvalue weighted by Crippen LogP contribution is -2.00. The smallest absolute Gasteiger partial charge is 0.233 e. The monoisotopic (exact) mass is 387 g/mol. The van der Waals surface area contributed by atoms with Gasteiger partial charge in [-0.15, -0.1) is 0 Å². The Morgan fingerprint density at radius 1 is 1.00 bits per heavy atom. The predicted octanol–water partition coefficient (Wildman–Crippen LogP) is 5.12. The molecule has 0 fully saturated rings. The molecule has 6 nitrogen and oxygen atoms in total. The molecule has 136 valence electrons. The van der Waals surface area contributed by atoms with Crippen molar-refractivity contribution in [1.82, 2.24) is 24.7 Å². The van der Waals surface area contributed by atoms with Gasteiger partial charge in [0, 0.05) is 16.6 Å². The third kappa shape index (κ3) is 2.75. The molecule has 0 radical (unpaired) electrons. The molecule has 0 atom stereocenters. The highest BCUT2D eigenvalue weighted by molar-refractivity contribution is 6.30. The van der Waals surface area contributed by atoms with E-state index < -0.39 is 0 Å². The van der Waals surface area contributed by atoms with Gasteiger partial charge in [0.1, 0.15) is 17.2 Å². The summed E-state index contributed by atoms with van der Waals surface area (Å²) in [7, 11) is 0. The van der Waals surface area contributed by atoms with Crippen LogP contribution in [0.25, 0.3) is 27.6 Å². The molecule has 2 aromatic carbocycles. The van der Waals surface area contributed by atoms with Gasteiger partial charge < -0.3 is 4.74 Å². The fraction of sp³-hybridized carbons (Fsp3) is 0.0476. The van der Waals surface area contributed by atoms with Crippen LogP contribution in [-0.2, 0) is 0 Å². The number of benzene rings is 2. The summed E-state index contributed by atoms with van der Waals surface area (Å²) in [6.07, 6.45) is 4.91. The summed E-state index contributed by atoms with van der Waals surface area (Å²) < 4.78 is 7.86. The number of aromatic nitrogens is 5. The number of hydrogen-bond acceptors (Lipinski definition) is 5. The summed E-state index contributed by atoms with van der Waals surface area (Å²) in [5.41, 5.74) is 3.31. The van der Waals surface area contributed by atoms with E-state index in [1.807, 2.05) is 55.5 Å². The lowest BCUT2D eigenvalue weighted by molar-refractivity contribution is 0.472. The van der Waals surface area contributed by atoms with E-state index in [0.29, 0.717) is 27.7 Å². The number of ether oxygens (including phenoxy) is 1. The first-order valence-corrected chi connectivity index (χ1v) is 9.05. The standard InChI is InChI=1S/C21H14ClN5O/c1-13-7-8-15(22)10-17(13)27-20-16(11-26-27)21(25-12-24-20)28-18-6-2-4-14-5-3-9-23-19(14)18/h2-12H,1H3. The topological polar surface area (TPSA) is 65.7 Å². The maximum atomic E-state index is 6.17. The Kier molecular flexibility index (Phi) is 3.91. The van der Waals surface area contributed by atoms with Gasteiger partial charge in [0.15, 0.2) is 11.4 Å². The summed E-state index contributed by atoms with van der Waals surface area (Å²) in [6, 6.07) is 15.3. The Morgan fingerprint density at radius 2 is 1.89 bits per heavy atom. The van der Waals surface area contributed by atoms with Gasteiger partial charge in [0.2, 0.25) is 5.88 Å². The third-order valence-electron chi connectivity index (χ3n) is 4.53. The second-order valence-electron chi connectivity index (χ2n) is 6.34. The molecule has 5 aromatic rings. The first-order chi connectivity index (χ1) is 13.7. The molecule has 0 unspecified atom stereocenters. The maximum Gasteiger partial charge on any atom is 0.233 e. The van der Waals surface area contributed by atoms with Crippen LogP contribution in [0, 0.1) is 6.92 Å². The molecule has 0 saturated carbocycles. The van der Waals surface area contributed by atoms with E-state index >= 15 is 0 Å². The minimum Gasteiger partial charge on any atom is -0.436 e. The molecule has 3 heterocycles. The van der Waals surface area contributed by atoms with Crippen molar-refractivity contribution in [2.75, 3.05) is 0 Å². The zero-order valence-electron chi connectivity index (χ0n) is 14.9. The molecule has 0 spiro atoms. The summed E-state index contributed by atoms with van der Waals surface area (Å²) in [5.74, 6) is 1.05. The van der Waals surface area contributed by atoms with Crippen LogP contribution in [0.3, 0.4) is 0 Å². The van der Waals surface area contributed by atoms with Gasteiger partial charge in [-0.1, -0.05) is 35.9 Å². The van der Waals surface area contributed by atoms with Crippen molar-refractivity contribution in [1.29, 1.82) is 0 Å². The quantitative estimate of drug-likeness (QED) is 0.430. The van der Waals surface area contributed by atoms with Crippen molar-refractivity contribution in [2.24, 2.45) is 0 Å². The van der Waals surface area contributed by atoms with Gasteiger partial charge in [0.05, 0.1) is 11.9 Å². The second kappa shape index (κ2) is 6.58. The number of pyridine rings is 1. The number of nitrogens with zero attached hydrogens (tertiary/aromatic N) is 5. The highest BCUT2D eigenvalue weighted by Gasteiger charge is 2.15. The normalized spacial score (nSPS) is 11.2. The molecule has 0 N–H and O–H groups in total. The molecular weight excluding hydrogens is 374 g/mol. The number of para-hydroxylation sites is 1. The van der Waals surface area contributed by atoms with Crippen molar-refractivity contribution >= 4 is 33.5 Å². The summed E-state index contributed by atoms with van der Waals surface area (Å²) in [4.78, 5) is 13.1.